The molecule has 1 aliphatic rings. The second-order valence-corrected chi connectivity index (χ2v) is 6.34. The van der Waals surface area contributed by atoms with Crippen molar-refractivity contribution in [1.29, 1.82) is 0 Å². The summed E-state index contributed by atoms with van der Waals surface area (Å²) in [6.45, 7) is 3.39. The maximum absolute atomic E-state index is 12.5. The molecule has 0 spiro atoms. The standard InChI is InChI=1S/C19H19N3O3/c1-13-5-2-3-6-15(13)19-20-17(25-21-19)11-18(23)22-9-8-14(12-22)16-7-4-10-24-16/h2-7,10,14H,8-9,11-12H2,1H3. The molecule has 128 valence electrons. The van der Waals surface area contributed by atoms with Gasteiger partial charge in [-0.25, -0.2) is 0 Å². The lowest BCUT2D eigenvalue weighted by molar-refractivity contribution is -0.129. The van der Waals surface area contributed by atoms with E-state index in [0.29, 0.717) is 18.3 Å². The summed E-state index contributed by atoms with van der Waals surface area (Å²) in [5, 5.41) is 4.01. The molecular weight excluding hydrogens is 318 g/mol. The van der Waals surface area contributed by atoms with E-state index in [2.05, 4.69) is 10.1 Å². The zero-order valence-electron chi connectivity index (χ0n) is 14.0. The van der Waals surface area contributed by atoms with Crippen molar-refractivity contribution in [2.24, 2.45) is 0 Å². The van der Waals surface area contributed by atoms with E-state index < -0.39 is 0 Å². The van der Waals surface area contributed by atoms with Crippen molar-refractivity contribution in [2.75, 3.05) is 13.1 Å². The molecule has 2 aromatic heterocycles. The van der Waals surface area contributed by atoms with Crippen LogP contribution in [-0.2, 0) is 11.2 Å². The SMILES string of the molecule is Cc1ccccc1-c1noc(CC(=O)N2CCC(c3ccco3)C2)n1. The summed E-state index contributed by atoms with van der Waals surface area (Å²) in [4.78, 5) is 18.7. The third-order valence-corrected chi connectivity index (χ3v) is 4.64. The molecule has 3 heterocycles. The number of benzene rings is 1. The summed E-state index contributed by atoms with van der Waals surface area (Å²) in [6.07, 6.45) is 2.71. The van der Waals surface area contributed by atoms with Gasteiger partial charge in [0.05, 0.1) is 6.26 Å². The molecule has 1 aromatic carbocycles. The number of rotatable bonds is 4. The normalized spacial score (nSPS) is 17.2. The van der Waals surface area contributed by atoms with Gasteiger partial charge in [0.15, 0.2) is 0 Å². The van der Waals surface area contributed by atoms with E-state index in [0.717, 1.165) is 29.9 Å². The molecule has 0 bridgehead atoms. The Labute approximate surface area is 145 Å². The lowest BCUT2D eigenvalue weighted by Crippen LogP contribution is -2.29. The lowest BCUT2D eigenvalue weighted by atomic mass is 10.1. The van der Waals surface area contributed by atoms with Crippen molar-refractivity contribution in [2.45, 2.75) is 25.7 Å². The predicted octanol–water partition coefficient (Wildman–Crippen LogP) is 3.20. The largest absolute Gasteiger partial charge is 0.469 e. The van der Waals surface area contributed by atoms with Gasteiger partial charge in [-0.3, -0.25) is 4.79 Å². The Bertz CT molecular complexity index is 870. The van der Waals surface area contributed by atoms with Gasteiger partial charge in [-0.15, -0.1) is 0 Å². The van der Waals surface area contributed by atoms with E-state index in [1.54, 1.807) is 6.26 Å². The van der Waals surface area contributed by atoms with Crippen LogP contribution in [0.4, 0.5) is 0 Å². The number of likely N-dealkylation sites (tertiary alicyclic amines) is 1. The van der Waals surface area contributed by atoms with E-state index in [9.17, 15) is 4.79 Å². The minimum absolute atomic E-state index is 0.00837. The van der Waals surface area contributed by atoms with Crippen molar-refractivity contribution < 1.29 is 13.7 Å². The first-order valence-corrected chi connectivity index (χ1v) is 8.40. The van der Waals surface area contributed by atoms with E-state index in [1.165, 1.54) is 0 Å². The highest BCUT2D eigenvalue weighted by molar-refractivity contribution is 5.78. The average Bonchev–Trinajstić information content (AvgIpc) is 3.36. The van der Waals surface area contributed by atoms with Gasteiger partial charge >= 0.3 is 0 Å². The number of hydrogen-bond donors (Lipinski definition) is 0. The topological polar surface area (TPSA) is 72.4 Å². The van der Waals surface area contributed by atoms with Crippen LogP contribution in [0.25, 0.3) is 11.4 Å². The van der Waals surface area contributed by atoms with E-state index >= 15 is 0 Å². The Morgan fingerprint density at radius 2 is 2.16 bits per heavy atom. The lowest BCUT2D eigenvalue weighted by Gasteiger charge is -2.14. The molecule has 0 N–H and O–H groups in total. The van der Waals surface area contributed by atoms with Crippen LogP contribution < -0.4 is 0 Å². The molecule has 4 rings (SSSR count). The Hall–Kier alpha value is -2.89. The fraction of sp³-hybridized carbons (Fsp3) is 0.316. The maximum atomic E-state index is 12.5. The quantitative estimate of drug-likeness (QED) is 0.731. The smallest absolute Gasteiger partial charge is 0.236 e. The van der Waals surface area contributed by atoms with Gasteiger partial charge < -0.3 is 13.8 Å². The number of aromatic nitrogens is 2. The van der Waals surface area contributed by atoms with Gasteiger partial charge in [-0.2, -0.15) is 4.98 Å². The summed E-state index contributed by atoms with van der Waals surface area (Å²) in [6, 6.07) is 11.7. The van der Waals surface area contributed by atoms with Gasteiger partial charge in [0.1, 0.15) is 12.2 Å². The minimum atomic E-state index is 0.00837. The van der Waals surface area contributed by atoms with Gasteiger partial charge in [-0.05, 0) is 31.0 Å². The van der Waals surface area contributed by atoms with Crippen molar-refractivity contribution >= 4 is 5.91 Å². The first-order chi connectivity index (χ1) is 12.2. The van der Waals surface area contributed by atoms with Gasteiger partial charge in [0.25, 0.3) is 0 Å². The van der Waals surface area contributed by atoms with Crippen LogP contribution in [0.15, 0.2) is 51.6 Å². The summed E-state index contributed by atoms with van der Waals surface area (Å²) in [5.41, 5.74) is 1.99. The molecule has 1 saturated heterocycles. The Morgan fingerprint density at radius 3 is 2.96 bits per heavy atom. The van der Waals surface area contributed by atoms with Crippen molar-refractivity contribution in [3.63, 3.8) is 0 Å². The fourth-order valence-corrected chi connectivity index (χ4v) is 3.24. The first-order valence-electron chi connectivity index (χ1n) is 8.40. The molecular formula is C19H19N3O3. The molecule has 0 radical (unpaired) electrons. The number of carbonyl (C=O) groups excluding carboxylic acids is 1. The molecule has 0 aliphatic carbocycles. The molecule has 1 unspecified atom stereocenters. The molecule has 1 aliphatic heterocycles. The second-order valence-electron chi connectivity index (χ2n) is 6.34. The minimum Gasteiger partial charge on any atom is -0.469 e. The molecule has 1 atom stereocenters. The first kappa shape index (κ1) is 15.6. The average molecular weight is 337 g/mol. The van der Waals surface area contributed by atoms with E-state index in [4.69, 9.17) is 8.94 Å². The Balaban J connectivity index is 1.41. The van der Waals surface area contributed by atoms with Crippen LogP contribution in [0.1, 0.15) is 29.6 Å². The highest BCUT2D eigenvalue weighted by Gasteiger charge is 2.29. The Kier molecular flexibility index (Phi) is 4.09. The maximum Gasteiger partial charge on any atom is 0.236 e. The third kappa shape index (κ3) is 3.20. The number of carbonyl (C=O) groups is 1. The van der Waals surface area contributed by atoms with E-state index in [1.807, 2.05) is 48.2 Å². The third-order valence-electron chi connectivity index (χ3n) is 4.64. The highest BCUT2D eigenvalue weighted by atomic mass is 16.5. The molecule has 3 aromatic rings. The van der Waals surface area contributed by atoms with Crippen molar-refractivity contribution in [1.82, 2.24) is 15.0 Å². The molecule has 0 saturated carbocycles. The van der Waals surface area contributed by atoms with Crippen molar-refractivity contribution in [3.05, 3.63) is 59.9 Å². The summed E-state index contributed by atoms with van der Waals surface area (Å²) >= 11 is 0. The number of aryl methyl sites for hydroxylation is 1. The number of nitrogens with zero attached hydrogens (tertiary/aromatic N) is 3. The summed E-state index contributed by atoms with van der Waals surface area (Å²) < 4.78 is 10.7. The van der Waals surface area contributed by atoms with Gasteiger partial charge in [0, 0.05) is 24.6 Å². The zero-order chi connectivity index (χ0) is 17.2. The van der Waals surface area contributed by atoms with Crippen LogP contribution in [0, 0.1) is 6.92 Å². The molecule has 25 heavy (non-hydrogen) atoms. The molecule has 1 fully saturated rings. The monoisotopic (exact) mass is 337 g/mol. The van der Waals surface area contributed by atoms with Gasteiger partial charge in [0.2, 0.25) is 17.6 Å². The number of hydrogen-bond acceptors (Lipinski definition) is 5. The predicted molar refractivity (Wildman–Crippen MR) is 90.8 cm³/mol. The van der Waals surface area contributed by atoms with Crippen LogP contribution >= 0.6 is 0 Å². The molecule has 1 amide bonds. The van der Waals surface area contributed by atoms with Crippen LogP contribution in [0.5, 0.6) is 0 Å². The molecule has 6 nitrogen and oxygen atoms in total. The van der Waals surface area contributed by atoms with Crippen LogP contribution in [0.3, 0.4) is 0 Å². The highest BCUT2D eigenvalue weighted by Crippen LogP contribution is 2.28. The van der Waals surface area contributed by atoms with Crippen LogP contribution in [0.2, 0.25) is 0 Å². The Morgan fingerprint density at radius 1 is 1.28 bits per heavy atom. The fourth-order valence-electron chi connectivity index (χ4n) is 3.24. The second kappa shape index (κ2) is 6.55. The van der Waals surface area contributed by atoms with Crippen molar-refractivity contribution in [3.8, 4) is 11.4 Å². The number of furan rings is 1. The van der Waals surface area contributed by atoms with Crippen LogP contribution in [-0.4, -0.2) is 34.0 Å². The molecule has 6 heteroatoms. The van der Waals surface area contributed by atoms with E-state index in [-0.39, 0.29) is 18.2 Å². The van der Waals surface area contributed by atoms with Gasteiger partial charge in [-0.1, -0.05) is 29.4 Å². The zero-order valence-corrected chi connectivity index (χ0v) is 14.0. The summed E-state index contributed by atoms with van der Waals surface area (Å²) in [5.74, 6) is 2.09. The summed E-state index contributed by atoms with van der Waals surface area (Å²) in [7, 11) is 0. The number of amides is 1.